The van der Waals surface area contributed by atoms with Gasteiger partial charge in [0.25, 0.3) is 0 Å². The van der Waals surface area contributed by atoms with E-state index in [2.05, 4.69) is 5.32 Å². The molecule has 1 atom stereocenters. The van der Waals surface area contributed by atoms with Gasteiger partial charge in [0, 0.05) is 23.4 Å². The van der Waals surface area contributed by atoms with Crippen molar-refractivity contribution in [3.8, 4) is 0 Å². The van der Waals surface area contributed by atoms with Crippen LogP contribution in [0.15, 0.2) is 11.2 Å². The van der Waals surface area contributed by atoms with E-state index in [1.807, 2.05) is 34.6 Å². The predicted molar refractivity (Wildman–Crippen MR) is 81.9 cm³/mol. The van der Waals surface area contributed by atoms with Crippen LogP contribution in [0.1, 0.15) is 48.5 Å². The first kappa shape index (κ1) is 17.2. The Morgan fingerprint density at radius 2 is 1.65 bits per heavy atom. The Kier molecular flexibility index (Phi) is 5.06. The minimum atomic E-state index is -0.556. The fourth-order valence-electron chi connectivity index (χ4n) is 1.99. The van der Waals surface area contributed by atoms with Gasteiger partial charge in [-0.15, -0.1) is 0 Å². The molecule has 6 heteroatoms. The molecular weight excluding hydrogens is 255 g/mol. The molecule has 0 aliphatic carbocycles. The molecule has 1 fully saturated rings. The Morgan fingerprint density at radius 3 is 2.00 bits per heavy atom. The van der Waals surface area contributed by atoms with Gasteiger partial charge in [-0.2, -0.15) is 0 Å². The molecule has 5 nitrogen and oxygen atoms in total. The van der Waals surface area contributed by atoms with Gasteiger partial charge < -0.3 is 25.1 Å². The molecule has 1 aliphatic rings. The monoisotopic (exact) mass is 282 g/mol. The maximum absolute atomic E-state index is 9.35. The Bertz CT molecular complexity index is 401. The van der Waals surface area contributed by atoms with Crippen LogP contribution < -0.4 is 5.32 Å². The Hall–Kier alpha value is -0.845. The zero-order valence-corrected chi connectivity index (χ0v) is 13.6. The van der Waals surface area contributed by atoms with Crippen LogP contribution >= 0.6 is 0 Å². The largest absolute Gasteiger partial charge is 0.498 e. The van der Waals surface area contributed by atoms with Gasteiger partial charge in [0.05, 0.1) is 17.3 Å². The summed E-state index contributed by atoms with van der Waals surface area (Å²) in [5, 5.41) is 20.4. The molecule has 0 amide bonds. The molecule has 0 radical (unpaired) electrons. The fourth-order valence-corrected chi connectivity index (χ4v) is 1.99. The average Bonchev–Trinajstić information content (AvgIpc) is 2.44. The summed E-state index contributed by atoms with van der Waals surface area (Å²) in [5.74, 6) is 0. The second-order valence-electron chi connectivity index (χ2n) is 6.48. The number of rotatable bonds is 5. The Morgan fingerprint density at radius 1 is 1.20 bits per heavy atom. The van der Waals surface area contributed by atoms with E-state index in [-0.39, 0.29) is 0 Å². The van der Waals surface area contributed by atoms with Gasteiger partial charge in [-0.25, -0.2) is 0 Å². The molecule has 1 aliphatic heterocycles. The van der Waals surface area contributed by atoms with Gasteiger partial charge in [-0.3, -0.25) is 0 Å². The summed E-state index contributed by atoms with van der Waals surface area (Å²) in [4.78, 5) is 0. The lowest BCUT2D eigenvalue weighted by Gasteiger charge is -2.32. The molecule has 1 rings (SSSR count). The van der Waals surface area contributed by atoms with Crippen LogP contribution in [0.3, 0.4) is 0 Å². The second kappa shape index (κ2) is 5.88. The number of nitrogens with one attached hydrogen (secondary N) is 2. The maximum Gasteiger partial charge on any atom is 0.498 e. The van der Waals surface area contributed by atoms with Gasteiger partial charge in [-0.05, 0) is 48.5 Å². The molecule has 0 spiro atoms. The van der Waals surface area contributed by atoms with Crippen LogP contribution in [0.4, 0.5) is 0 Å². The third-order valence-corrected chi connectivity index (χ3v) is 3.96. The zero-order chi connectivity index (χ0) is 15.7. The number of hydrogen-bond acceptors (Lipinski definition) is 5. The summed E-state index contributed by atoms with van der Waals surface area (Å²) in [5.41, 5.74) is 1.05. The summed E-state index contributed by atoms with van der Waals surface area (Å²) < 4.78 is 12.0. The smallest absolute Gasteiger partial charge is 0.399 e. The third-order valence-electron chi connectivity index (χ3n) is 3.96. The van der Waals surface area contributed by atoms with Crippen LogP contribution in [0.2, 0.25) is 0 Å². The third kappa shape index (κ3) is 3.62. The fraction of sp³-hybridized carbons (Fsp3) is 0.786. The van der Waals surface area contributed by atoms with E-state index < -0.39 is 24.4 Å². The summed E-state index contributed by atoms with van der Waals surface area (Å²) >= 11 is 0. The van der Waals surface area contributed by atoms with Crippen LogP contribution in [-0.4, -0.2) is 41.8 Å². The molecular formula is C14H27BN2O3. The molecule has 0 aromatic heterocycles. The van der Waals surface area contributed by atoms with Gasteiger partial charge in [0.2, 0.25) is 0 Å². The normalized spacial score (nSPS) is 23.3. The minimum absolute atomic E-state index is 0.402. The lowest BCUT2D eigenvalue weighted by Crippen LogP contribution is -2.41. The summed E-state index contributed by atoms with van der Waals surface area (Å²) in [6.07, 6.45) is -0.449. The van der Waals surface area contributed by atoms with E-state index in [9.17, 15) is 5.11 Å². The first-order valence-corrected chi connectivity index (χ1v) is 7.02. The standard InChI is InChI=1S/C14H27BN2O3/c1-9(18)8-17-11(3)12(10(2)16)15-19-13(4,5)14(6,7)20-15/h9,16-18H,8H2,1-7H3/b12-11+,16-10?/t9-/m0/s1. The van der Waals surface area contributed by atoms with Gasteiger partial charge in [0.15, 0.2) is 0 Å². The van der Waals surface area contributed by atoms with Gasteiger partial charge in [-0.1, -0.05) is 0 Å². The average molecular weight is 282 g/mol. The first-order chi connectivity index (χ1) is 8.98. The maximum atomic E-state index is 9.35. The van der Waals surface area contributed by atoms with E-state index in [0.29, 0.717) is 17.7 Å². The molecule has 0 aromatic rings. The highest BCUT2D eigenvalue weighted by molar-refractivity contribution is 6.62. The molecule has 0 saturated carbocycles. The van der Waals surface area contributed by atoms with Crippen molar-refractivity contribution in [2.75, 3.05) is 6.54 Å². The molecule has 0 aromatic carbocycles. The molecule has 1 heterocycles. The van der Waals surface area contributed by atoms with Crippen molar-refractivity contribution in [3.63, 3.8) is 0 Å². The van der Waals surface area contributed by atoms with Crippen LogP contribution in [0, 0.1) is 5.41 Å². The van der Waals surface area contributed by atoms with Crippen molar-refractivity contribution in [1.29, 1.82) is 5.41 Å². The van der Waals surface area contributed by atoms with Crippen molar-refractivity contribution in [2.45, 2.75) is 65.8 Å². The van der Waals surface area contributed by atoms with Crippen molar-refractivity contribution in [1.82, 2.24) is 5.32 Å². The quantitative estimate of drug-likeness (QED) is 0.532. The van der Waals surface area contributed by atoms with E-state index in [1.54, 1.807) is 13.8 Å². The molecule has 20 heavy (non-hydrogen) atoms. The van der Waals surface area contributed by atoms with Gasteiger partial charge >= 0.3 is 7.12 Å². The minimum Gasteiger partial charge on any atom is -0.399 e. The van der Waals surface area contributed by atoms with Crippen molar-refractivity contribution >= 4 is 12.8 Å². The number of hydrogen-bond donors (Lipinski definition) is 3. The highest BCUT2D eigenvalue weighted by Crippen LogP contribution is 2.39. The molecule has 0 unspecified atom stereocenters. The van der Waals surface area contributed by atoms with E-state index in [0.717, 1.165) is 5.70 Å². The van der Waals surface area contributed by atoms with Crippen LogP contribution in [0.25, 0.3) is 0 Å². The first-order valence-electron chi connectivity index (χ1n) is 7.02. The molecule has 0 bridgehead atoms. The van der Waals surface area contributed by atoms with Crippen molar-refractivity contribution in [2.24, 2.45) is 0 Å². The summed E-state index contributed by atoms with van der Waals surface area (Å²) in [6.45, 7) is 13.7. The van der Waals surface area contributed by atoms with E-state index in [4.69, 9.17) is 14.7 Å². The van der Waals surface area contributed by atoms with E-state index in [1.165, 1.54) is 0 Å². The summed E-state index contributed by atoms with van der Waals surface area (Å²) in [6, 6.07) is 0. The number of allylic oxidation sites excluding steroid dienone is 2. The Labute approximate surface area is 122 Å². The highest BCUT2D eigenvalue weighted by atomic mass is 16.7. The summed E-state index contributed by atoms with van der Waals surface area (Å²) in [7, 11) is -0.556. The van der Waals surface area contributed by atoms with E-state index >= 15 is 0 Å². The molecule has 3 N–H and O–H groups in total. The van der Waals surface area contributed by atoms with Crippen LogP contribution in [0.5, 0.6) is 0 Å². The highest BCUT2D eigenvalue weighted by Gasteiger charge is 2.53. The van der Waals surface area contributed by atoms with Crippen LogP contribution in [-0.2, 0) is 9.31 Å². The predicted octanol–water partition coefficient (Wildman–Crippen LogP) is 1.90. The lowest BCUT2D eigenvalue weighted by molar-refractivity contribution is 0.00578. The van der Waals surface area contributed by atoms with Crippen molar-refractivity contribution in [3.05, 3.63) is 11.2 Å². The number of aliphatic hydroxyl groups excluding tert-OH is 1. The molecule has 114 valence electrons. The van der Waals surface area contributed by atoms with Gasteiger partial charge in [0.1, 0.15) is 0 Å². The Balaban J connectivity index is 3.00. The second-order valence-corrected chi connectivity index (χ2v) is 6.48. The number of aliphatic hydroxyl groups is 1. The molecule has 1 saturated heterocycles. The lowest BCUT2D eigenvalue weighted by atomic mass is 9.74. The van der Waals surface area contributed by atoms with Crippen molar-refractivity contribution < 1.29 is 14.4 Å². The topological polar surface area (TPSA) is 74.6 Å². The zero-order valence-electron chi connectivity index (χ0n) is 13.6. The SMILES string of the molecule is CC(=N)/C(B1OC(C)(C)C(C)(C)O1)=C(/C)NC[C@H](C)O.